The average Bonchev–Trinajstić information content (AvgIpc) is 3.15. The number of anilines is 1. The molecule has 25 heavy (non-hydrogen) atoms. The van der Waals surface area contributed by atoms with E-state index in [0.29, 0.717) is 5.69 Å². The molecular weight excluding hydrogens is 456 g/mol. The number of nitrogens with one attached hydrogen (secondary N) is 1. The summed E-state index contributed by atoms with van der Waals surface area (Å²) in [6.07, 6.45) is 0.863. The van der Waals surface area contributed by atoms with Gasteiger partial charge >= 0.3 is 0 Å². The molecule has 3 amide bonds. The number of hydrogen-bond acceptors (Lipinski definition) is 4. The predicted molar refractivity (Wildman–Crippen MR) is 97.5 cm³/mol. The van der Waals surface area contributed by atoms with Crippen molar-refractivity contribution < 1.29 is 19.5 Å². The predicted octanol–water partition coefficient (Wildman–Crippen LogP) is 2.11. The van der Waals surface area contributed by atoms with Gasteiger partial charge in [0.2, 0.25) is 17.7 Å². The van der Waals surface area contributed by atoms with E-state index in [9.17, 15) is 19.5 Å². The maximum atomic E-state index is 12.7. The lowest BCUT2D eigenvalue weighted by Crippen LogP contribution is -2.39. The SMILES string of the molecule is O=C(CN1C(=O)[C@H]2[C@@H]3C[C@@H]([C@@H](Br)[C@H]3Br)[C@@H]2C1=O)Nc1cccc(O)c1. The molecule has 0 radical (unpaired) electrons. The van der Waals surface area contributed by atoms with Crippen LogP contribution in [0.1, 0.15) is 6.42 Å². The van der Waals surface area contributed by atoms with Gasteiger partial charge in [0, 0.05) is 21.4 Å². The third-order valence-corrected chi connectivity index (χ3v) is 8.72. The van der Waals surface area contributed by atoms with Crippen molar-refractivity contribution in [3.8, 4) is 5.75 Å². The third-order valence-electron chi connectivity index (χ3n) is 5.51. The van der Waals surface area contributed by atoms with Crippen molar-refractivity contribution >= 4 is 55.3 Å². The van der Waals surface area contributed by atoms with Gasteiger partial charge in [-0.05, 0) is 30.4 Å². The highest BCUT2D eigenvalue weighted by Gasteiger charge is 2.66. The molecular formula is C17H16Br2N2O4. The number of hydrogen-bond donors (Lipinski definition) is 2. The monoisotopic (exact) mass is 470 g/mol. The number of carbonyl (C=O) groups is 3. The van der Waals surface area contributed by atoms with Gasteiger partial charge in [-0.2, -0.15) is 0 Å². The minimum atomic E-state index is -0.453. The molecule has 4 rings (SSSR count). The molecule has 0 spiro atoms. The van der Waals surface area contributed by atoms with Crippen LogP contribution in [0.5, 0.6) is 5.75 Å². The first-order chi connectivity index (χ1) is 11.9. The lowest BCUT2D eigenvalue weighted by molar-refractivity contribution is -0.143. The number of aromatic hydroxyl groups is 1. The van der Waals surface area contributed by atoms with Crippen LogP contribution in [0, 0.1) is 23.7 Å². The molecule has 2 bridgehead atoms. The lowest BCUT2D eigenvalue weighted by Gasteiger charge is -2.28. The minimum absolute atomic E-state index is 0.0314. The summed E-state index contributed by atoms with van der Waals surface area (Å²) in [7, 11) is 0. The fourth-order valence-electron chi connectivity index (χ4n) is 4.49. The summed E-state index contributed by atoms with van der Waals surface area (Å²) in [6.45, 7) is -0.292. The number of nitrogens with zero attached hydrogens (tertiary/aromatic N) is 1. The Kier molecular flexibility index (Phi) is 4.15. The Morgan fingerprint density at radius 2 is 1.76 bits per heavy atom. The number of rotatable bonds is 3. The maximum absolute atomic E-state index is 12.7. The summed E-state index contributed by atoms with van der Waals surface area (Å²) in [4.78, 5) is 39.2. The molecule has 132 valence electrons. The number of benzene rings is 1. The highest BCUT2D eigenvalue weighted by molar-refractivity contribution is 9.12. The van der Waals surface area contributed by atoms with Crippen molar-refractivity contribution in [2.45, 2.75) is 16.1 Å². The van der Waals surface area contributed by atoms with Crippen molar-refractivity contribution in [2.75, 3.05) is 11.9 Å². The van der Waals surface area contributed by atoms with Gasteiger partial charge in [-0.1, -0.05) is 37.9 Å². The van der Waals surface area contributed by atoms with E-state index in [4.69, 9.17) is 0 Å². The van der Waals surface area contributed by atoms with Gasteiger partial charge in [0.1, 0.15) is 12.3 Å². The van der Waals surface area contributed by atoms with Gasteiger partial charge in [0.25, 0.3) is 0 Å². The molecule has 1 saturated heterocycles. The molecule has 8 heteroatoms. The molecule has 2 aliphatic carbocycles. The van der Waals surface area contributed by atoms with Crippen molar-refractivity contribution in [1.82, 2.24) is 4.90 Å². The highest BCUT2D eigenvalue weighted by atomic mass is 79.9. The first kappa shape index (κ1) is 17.0. The molecule has 3 fully saturated rings. The minimum Gasteiger partial charge on any atom is -0.508 e. The van der Waals surface area contributed by atoms with Crippen LogP contribution in [0.3, 0.4) is 0 Å². The van der Waals surface area contributed by atoms with E-state index in [1.165, 1.54) is 12.1 Å². The molecule has 2 saturated carbocycles. The molecule has 3 aliphatic rings. The fourth-order valence-corrected chi connectivity index (χ4v) is 6.37. The third kappa shape index (κ3) is 2.61. The highest BCUT2D eigenvalue weighted by Crippen LogP contribution is 2.60. The molecule has 2 N–H and O–H groups in total. The average molecular weight is 472 g/mol. The standard InChI is InChI=1S/C17H16Br2N2O4/c18-14-9-5-10(15(14)19)13-12(9)16(24)21(17(13)25)6-11(23)20-7-2-1-3-8(22)4-7/h1-4,9-10,12-15,22H,5-6H2,(H,20,23)/t9-,10+,12-,13-,14-,15+/m0/s1. The zero-order valence-electron chi connectivity index (χ0n) is 13.1. The Bertz CT molecular complexity index is 739. The summed E-state index contributed by atoms with van der Waals surface area (Å²) in [5.74, 6) is -1.26. The van der Waals surface area contributed by atoms with E-state index in [1.807, 2.05) is 0 Å². The smallest absolute Gasteiger partial charge is 0.244 e. The van der Waals surface area contributed by atoms with Crippen LogP contribution in [-0.2, 0) is 14.4 Å². The molecule has 1 aromatic rings. The number of amides is 3. The second-order valence-corrected chi connectivity index (χ2v) is 8.98. The quantitative estimate of drug-likeness (QED) is 0.522. The van der Waals surface area contributed by atoms with Crippen LogP contribution in [0.4, 0.5) is 5.69 Å². The second-order valence-electron chi connectivity index (χ2n) is 6.86. The van der Waals surface area contributed by atoms with Gasteiger partial charge in [-0.25, -0.2) is 0 Å². The molecule has 6 nitrogen and oxygen atoms in total. The first-order valence-corrected chi connectivity index (χ1v) is 9.94. The number of likely N-dealkylation sites (tertiary alicyclic amines) is 1. The van der Waals surface area contributed by atoms with Crippen molar-refractivity contribution in [2.24, 2.45) is 23.7 Å². The Morgan fingerprint density at radius 3 is 2.32 bits per heavy atom. The topological polar surface area (TPSA) is 86.7 Å². The van der Waals surface area contributed by atoms with Crippen LogP contribution in [-0.4, -0.2) is 43.9 Å². The zero-order valence-corrected chi connectivity index (χ0v) is 16.2. The summed E-state index contributed by atoms with van der Waals surface area (Å²) in [5.41, 5.74) is 0.422. The van der Waals surface area contributed by atoms with Crippen molar-refractivity contribution in [3.05, 3.63) is 24.3 Å². The Balaban J connectivity index is 1.48. The van der Waals surface area contributed by atoms with E-state index in [0.717, 1.165) is 11.3 Å². The van der Waals surface area contributed by atoms with E-state index in [2.05, 4.69) is 37.2 Å². The lowest BCUT2D eigenvalue weighted by atomic mass is 9.81. The van der Waals surface area contributed by atoms with Gasteiger partial charge in [0.15, 0.2) is 0 Å². The van der Waals surface area contributed by atoms with E-state index in [-0.39, 0.29) is 57.4 Å². The number of phenols is 1. The van der Waals surface area contributed by atoms with Crippen molar-refractivity contribution in [1.29, 1.82) is 0 Å². The molecule has 6 atom stereocenters. The molecule has 0 unspecified atom stereocenters. The van der Waals surface area contributed by atoms with Crippen molar-refractivity contribution in [3.63, 3.8) is 0 Å². The Labute approximate surface area is 161 Å². The number of fused-ring (bicyclic) bond motifs is 5. The van der Waals surface area contributed by atoms with Gasteiger partial charge in [-0.15, -0.1) is 0 Å². The molecule has 0 aromatic heterocycles. The first-order valence-electron chi connectivity index (χ1n) is 8.10. The number of alkyl halides is 2. The largest absolute Gasteiger partial charge is 0.508 e. The van der Waals surface area contributed by atoms with Crippen LogP contribution >= 0.6 is 31.9 Å². The van der Waals surface area contributed by atoms with Gasteiger partial charge < -0.3 is 10.4 Å². The molecule has 1 heterocycles. The number of phenolic OH excluding ortho intramolecular Hbond substituents is 1. The normalized spacial score (nSPS) is 36.0. The van der Waals surface area contributed by atoms with Crippen LogP contribution in [0.25, 0.3) is 0 Å². The van der Waals surface area contributed by atoms with E-state index < -0.39 is 5.91 Å². The molecule has 1 aromatic carbocycles. The van der Waals surface area contributed by atoms with E-state index in [1.54, 1.807) is 12.1 Å². The number of imide groups is 1. The van der Waals surface area contributed by atoms with Crippen LogP contribution < -0.4 is 5.32 Å². The maximum Gasteiger partial charge on any atom is 0.244 e. The molecule has 1 aliphatic heterocycles. The van der Waals surface area contributed by atoms with Crippen LogP contribution in [0.15, 0.2) is 24.3 Å². The Hall–Kier alpha value is -1.41. The number of carbonyl (C=O) groups excluding carboxylic acids is 3. The van der Waals surface area contributed by atoms with Crippen LogP contribution in [0.2, 0.25) is 0 Å². The Morgan fingerprint density at radius 1 is 1.16 bits per heavy atom. The summed E-state index contributed by atoms with van der Waals surface area (Å²) in [5, 5.41) is 12.0. The van der Waals surface area contributed by atoms with Gasteiger partial charge in [-0.3, -0.25) is 19.3 Å². The summed E-state index contributed by atoms with van der Waals surface area (Å²) >= 11 is 7.27. The van der Waals surface area contributed by atoms with E-state index >= 15 is 0 Å². The summed E-state index contributed by atoms with van der Waals surface area (Å²) in [6, 6.07) is 6.13. The fraction of sp³-hybridized carbons (Fsp3) is 0.471. The number of halogens is 2. The summed E-state index contributed by atoms with van der Waals surface area (Å²) < 4.78 is 0. The van der Waals surface area contributed by atoms with Gasteiger partial charge in [0.05, 0.1) is 11.8 Å². The second kappa shape index (κ2) is 6.09. The zero-order chi connectivity index (χ0) is 17.9.